The zero-order valence-corrected chi connectivity index (χ0v) is 11.4. The van der Waals surface area contributed by atoms with Gasteiger partial charge in [0, 0.05) is 5.56 Å². The van der Waals surface area contributed by atoms with Gasteiger partial charge in [-0.15, -0.1) is 0 Å². The molecule has 0 unspecified atom stereocenters. The molecular formula is C15H22NO2+. The van der Waals surface area contributed by atoms with Gasteiger partial charge in [-0.25, -0.2) is 0 Å². The van der Waals surface area contributed by atoms with Crippen LogP contribution in [0, 0.1) is 6.92 Å². The van der Waals surface area contributed by atoms with E-state index >= 15 is 0 Å². The molecule has 0 saturated carbocycles. The van der Waals surface area contributed by atoms with Gasteiger partial charge in [0.2, 0.25) is 0 Å². The molecule has 0 aliphatic heterocycles. The Hall–Kier alpha value is -1.61. The third kappa shape index (κ3) is 5.15. The standard InChI is InChI=1S/C15H21NO2/c1-5-10-18-16-15(11-17-12(2)3)14-8-6-13(4)7-9-14/h5-9,12H,1,10-11H2,2-4H3/p+1/b16-15+. The SMILES string of the molecule is C=CCO/[NH+]=C(\COC(C)C)c1ccc(C)cc1. The van der Waals surface area contributed by atoms with Gasteiger partial charge in [0.25, 0.3) is 5.71 Å². The summed E-state index contributed by atoms with van der Waals surface area (Å²) in [5.41, 5.74) is 3.23. The zero-order valence-electron chi connectivity index (χ0n) is 11.4. The van der Waals surface area contributed by atoms with Crippen LogP contribution in [0.4, 0.5) is 0 Å². The first-order valence-corrected chi connectivity index (χ1v) is 6.16. The summed E-state index contributed by atoms with van der Waals surface area (Å²) in [5.74, 6) is 0. The molecule has 0 heterocycles. The van der Waals surface area contributed by atoms with E-state index in [0.717, 1.165) is 11.3 Å². The van der Waals surface area contributed by atoms with Crippen molar-refractivity contribution in [1.82, 2.24) is 0 Å². The predicted molar refractivity (Wildman–Crippen MR) is 73.5 cm³/mol. The fraction of sp³-hybridized carbons (Fsp3) is 0.400. The second-order valence-electron chi connectivity index (χ2n) is 4.41. The maximum atomic E-state index is 5.61. The fourth-order valence-electron chi connectivity index (χ4n) is 1.36. The molecule has 3 heteroatoms. The fourth-order valence-corrected chi connectivity index (χ4v) is 1.36. The minimum Gasteiger partial charge on any atom is -0.368 e. The van der Waals surface area contributed by atoms with Gasteiger partial charge in [-0.1, -0.05) is 24.3 Å². The Kier molecular flexibility index (Phi) is 6.15. The molecule has 3 nitrogen and oxygen atoms in total. The van der Waals surface area contributed by atoms with Crippen molar-refractivity contribution in [2.24, 2.45) is 0 Å². The molecule has 1 rings (SSSR count). The van der Waals surface area contributed by atoms with E-state index in [1.807, 2.05) is 13.8 Å². The topological polar surface area (TPSA) is 32.4 Å². The lowest BCUT2D eigenvalue weighted by molar-refractivity contribution is -0.751. The molecule has 0 spiro atoms. The number of hydrogen-bond donors (Lipinski definition) is 1. The summed E-state index contributed by atoms with van der Waals surface area (Å²) in [7, 11) is 0. The molecule has 0 aromatic heterocycles. The third-order valence-corrected chi connectivity index (χ3v) is 2.36. The van der Waals surface area contributed by atoms with E-state index < -0.39 is 0 Å². The van der Waals surface area contributed by atoms with Crippen LogP contribution < -0.4 is 5.16 Å². The summed E-state index contributed by atoms with van der Waals surface area (Å²) in [6.45, 7) is 10.7. The molecule has 0 amide bonds. The molecule has 0 atom stereocenters. The van der Waals surface area contributed by atoms with E-state index in [0.29, 0.717) is 13.2 Å². The predicted octanol–water partition coefficient (Wildman–Crippen LogP) is 1.41. The van der Waals surface area contributed by atoms with Crippen molar-refractivity contribution in [3.8, 4) is 0 Å². The molecule has 0 radical (unpaired) electrons. The number of ether oxygens (including phenoxy) is 1. The van der Waals surface area contributed by atoms with Crippen LogP contribution in [0.5, 0.6) is 0 Å². The van der Waals surface area contributed by atoms with Crippen molar-refractivity contribution in [3.05, 3.63) is 48.0 Å². The monoisotopic (exact) mass is 248 g/mol. The molecule has 98 valence electrons. The van der Waals surface area contributed by atoms with Crippen LogP contribution in [0.2, 0.25) is 0 Å². The quantitative estimate of drug-likeness (QED) is 0.342. The number of nitrogens with one attached hydrogen (secondary N) is 1. The first-order chi connectivity index (χ1) is 8.63. The average Bonchev–Trinajstić information content (AvgIpc) is 2.34. The lowest BCUT2D eigenvalue weighted by atomic mass is 10.1. The first kappa shape index (κ1) is 14.5. The van der Waals surface area contributed by atoms with Crippen LogP contribution in [-0.2, 0) is 9.57 Å². The molecule has 0 bridgehead atoms. The maximum absolute atomic E-state index is 5.61. The van der Waals surface area contributed by atoms with Crippen LogP contribution in [0.25, 0.3) is 0 Å². The average molecular weight is 248 g/mol. The molecule has 0 fully saturated rings. The van der Waals surface area contributed by atoms with E-state index in [4.69, 9.17) is 9.57 Å². The van der Waals surface area contributed by atoms with E-state index in [9.17, 15) is 0 Å². The molecule has 18 heavy (non-hydrogen) atoms. The van der Waals surface area contributed by atoms with Crippen molar-refractivity contribution in [1.29, 1.82) is 0 Å². The van der Waals surface area contributed by atoms with Crippen LogP contribution in [0.15, 0.2) is 36.9 Å². The number of aryl methyl sites for hydroxylation is 1. The highest BCUT2D eigenvalue weighted by molar-refractivity contribution is 5.97. The first-order valence-electron chi connectivity index (χ1n) is 6.16. The van der Waals surface area contributed by atoms with Crippen molar-refractivity contribution in [2.75, 3.05) is 13.2 Å². The Morgan fingerprint density at radius 2 is 2.00 bits per heavy atom. The maximum Gasteiger partial charge on any atom is 0.257 e. The Balaban J connectivity index is 2.78. The van der Waals surface area contributed by atoms with Crippen molar-refractivity contribution in [3.63, 3.8) is 0 Å². The highest BCUT2D eigenvalue weighted by Crippen LogP contribution is 2.03. The number of rotatable bonds is 7. The minimum absolute atomic E-state index is 0.187. The van der Waals surface area contributed by atoms with E-state index in [1.165, 1.54) is 5.56 Å². The van der Waals surface area contributed by atoms with E-state index in [-0.39, 0.29) is 6.10 Å². The van der Waals surface area contributed by atoms with Crippen molar-refractivity contribution < 1.29 is 14.7 Å². The smallest absolute Gasteiger partial charge is 0.257 e. The molecule has 0 aliphatic rings. The second-order valence-corrected chi connectivity index (χ2v) is 4.41. The van der Waals surface area contributed by atoms with Crippen LogP contribution in [0.3, 0.4) is 0 Å². The Morgan fingerprint density at radius 3 is 2.56 bits per heavy atom. The van der Waals surface area contributed by atoms with E-state index in [2.05, 4.69) is 42.9 Å². The molecular weight excluding hydrogens is 226 g/mol. The zero-order chi connectivity index (χ0) is 13.4. The van der Waals surface area contributed by atoms with Gasteiger partial charge < -0.3 is 4.74 Å². The summed E-state index contributed by atoms with van der Waals surface area (Å²) < 4.78 is 5.61. The largest absolute Gasteiger partial charge is 0.368 e. The normalized spacial score (nSPS) is 11.7. The third-order valence-electron chi connectivity index (χ3n) is 2.36. The second kappa shape index (κ2) is 7.67. The summed E-state index contributed by atoms with van der Waals surface area (Å²) in [5, 5.41) is 2.93. The Morgan fingerprint density at radius 1 is 1.33 bits per heavy atom. The van der Waals surface area contributed by atoms with Crippen LogP contribution >= 0.6 is 0 Å². The highest BCUT2D eigenvalue weighted by atomic mass is 16.6. The number of benzene rings is 1. The van der Waals surface area contributed by atoms with E-state index in [1.54, 1.807) is 6.08 Å². The molecule has 1 aromatic carbocycles. The van der Waals surface area contributed by atoms with Crippen LogP contribution in [-0.4, -0.2) is 25.0 Å². The lowest BCUT2D eigenvalue weighted by Gasteiger charge is -2.06. The van der Waals surface area contributed by atoms with Gasteiger partial charge >= 0.3 is 0 Å². The van der Waals surface area contributed by atoms with Gasteiger partial charge in [-0.3, -0.25) is 4.84 Å². The minimum atomic E-state index is 0.187. The summed E-state index contributed by atoms with van der Waals surface area (Å²) in [6.07, 6.45) is 1.88. The summed E-state index contributed by atoms with van der Waals surface area (Å²) in [4.78, 5) is 5.28. The van der Waals surface area contributed by atoms with Gasteiger partial charge in [-0.2, -0.15) is 0 Å². The Labute approximate surface area is 109 Å². The van der Waals surface area contributed by atoms with Crippen LogP contribution in [0.1, 0.15) is 25.0 Å². The highest BCUT2D eigenvalue weighted by Gasteiger charge is 2.12. The Bertz CT molecular complexity index is 393. The number of hydrogen-bond acceptors (Lipinski definition) is 2. The molecule has 1 N–H and O–H groups in total. The van der Waals surface area contributed by atoms with Gasteiger partial charge in [0.15, 0.2) is 6.61 Å². The van der Waals surface area contributed by atoms with Gasteiger partial charge in [-0.05, 0) is 44.1 Å². The van der Waals surface area contributed by atoms with Crippen molar-refractivity contribution in [2.45, 2.75) is 26.9 Å². The molecule has 0 aliphatic carbocycles. The summed E-state index contributed by atoms with van der Waals surface area (Å²) >= 11 is 0. The van der Waals surface area contributed by atoms with Gasteiger partial charge in [0.1, 0.15) is 6.61 Å². The molecule has 1 aromatic rings. The summed E-state index contributed by atoms with van der Waals surface area (Å²) in [6, 6.07) is 8.25. The lowest BCUT2D eigenvalue weighted by Crippen LogP contribution is -2.73. The van der Waals surface area contributed by atoms with Gasteiger partial charge in [0.05, 0.1) is 6.10 Å². The molecule has 0 saturated heterocycles. The van der Waals surface area contributed by atoms with Crippen molar-refractivity contribution >= 4 is 5.71 Å².